The molecule has 17 heavy (non-hydrogen) atoms. The molecule has 4 heteroatoms. The van der Waals surface area contributed by atoms with Gasteiger partial charge in [-0.2, -0.15) is 4.40 Å². The maximum Gasteiger partial charge on any atom is 0.144 e. The van der Waals surface area contributed by atoms with Crippen LogP contribution in [0.15, 0.2) is 22.6 Å². The van der Waals surface area contributed by atoms with Gasteiger partial charge in [-0.25, -0.2) is 4.21 Å². The standard InChI is InChI=1S/C13H19NO2S/c1-10-7-6-8-12(16-5)11(10)9-14-17(15)13(2,3)4/h6-9H,1-5H3/b14-9+/t17-/m0/s1. The van der Waals surface area contributed by atoms with Crippen molar-refractivity contribution in [1.82, 2.24) is 0 Å². The molecule has 1 aromatic rings. The second kappa shape index (κ2) is 5.45. The van der Waals surface area contributed by atoms with Gasteiger partial charge in [-0.1, -0.05) is 12.1 Å². The predicted octanol–water partition coefficient (Wildman–Crippen LogP) is 2.88. The largest absolute Gasteiger partial charge is 0.496 e. The van der Waals surface area contributed by atoms with Crippen LogP contribution >= 0.6 is 0 Å². The third kappa shape index (κ3) is 3.66. The topological polar surface area (TPSA) is 38.7 Å². The van der Waals surface area contributed by atoms with Gasteiger partial charge in [0.05, 0.1) is 11.9 Å². The van der Waals surface area contributed by atoms with Crippen LogP contribution < -0.4 is 4.74 Å². The number of ether oxygens (including phenoxy) is 1. The first-order chi connectivity index (χ1) is 7.86. The van der Waals surface area contributed by atoms with Gasteiger partial charge in [0.25, 0.3) is 0 Å². The normalized spacial score (nSPS) is 13.9. The fraction of sp³-hybridized carbons (Fsp3) is 0.462. The number of hydrogen-bond acceptors (Lipinski definition) is 2. The Hall–Kier alpha value is -1.16. The van der Waals surface area contributed by atoms with E-state index in [4.69, 9.17) is 4.74 Å². The van der Waals surface area contributed by atoms with E-state index >= 15 is 0 Å². The van der Waals surface area contributed by atoms with Crippen molar-refractivity contribution in [2.24, 2.45) is 4.40 Å². The van der Waals surface area contributed by atoms with Crippen molar-refractivity contribution in [2.45, 2.75) is 32.4 Å². The second-order valence-corrected chi connectivity index (χ2v) is 6.72. The van der Waals surface area contributed by atoms with Crippen molar-refractivity contribution < 1.29 is 8.95 Å². The number of benzene rings is 1. The summed E-state index contributed by atoms with van der Waals surface area (Å²) >= 11 is 0. The molecule has 94 valence electrons. The molecule has 1 atom stereocenters. The molecule has 0 fully saturated rings. The summed E-state index contributed by atoms with van der Waals surface area (Å²) in [4.78, 5) is 0. The van der Waals surface area contributed by atoms with Crippen LogP contribution in [-0.2, 0) is 11.0 Å². The molecule has 0 heterocycles. The zero-order valence-electron chi connectivity index (χ0n) is 11.0. The van der Waals surface area contributed by atoms with Crippen LogP contribution in [-0.4, -0.2) is 22.3 Å². The highest BCUT2D eigenvalue weighted by atomic mass is 32.2. The summed E-state index contributed by atoms with van der Waals surface area (Å²) in [5, 5.41) is 0. The Balaban J connectivity index is 3.03. The van der Waals surface area contributed by atoms with Crippen molar-refractivity contribution in [2.75, 3.05) is 7.11 Å². The van der Waals surface area contributed by atoms with Crippen LogP contribution in [0.5, 0.6) is 5.75 Å². The molecule has 0 aliphatic rings. The lowest BCUT2D eigenvalue weighted by molar-refractivity contribution is 0.414. The lowest BCUT2D eigenvalue weighted by Crippen LogP contribution is -2.19. The molecule has 0 aliphatic heterocycles. The van der Waals surface area contributed by atoms with Crippen LogP contribution in [0.25, 0.3) is 0 Å². The Morgan fingerprint density at radius 2 is 2.00 bits per heavy atom. The first-order valence-electron chi connectivity index (χ1n) is 5.46. The molecule has 0 bridgehead atoms. The number of methoxy groups -OCH3 is 1. The van der Waals surface area contributed by atoms with E-state index in [0.717, 1.165) is 16.9 Å². The highest BCUT2D eigenvalue weighted by Crippen LogP contribution is 2.20. The lowest BCUT2D eigenvalue weighted by Gasteiger charge is -2.13. The molecule has 0 saturated carbocycles. The van der Waals surface area contributed by atoms with Gasteiger partial charge in [0.2, 0.25) is 0 Å². The highest BCUT2D eigenvalue weighted by Gasteiger charge is 2.18. The number of hydrogen-bond donors (Lipinski definition) is 0. The number of rotatable bonds is 3. The van der Waals surface area contributed by atoms with E-state index in [2.05, 4.69) is 4.40 Å². The molecule has 0 amide bonds. The minimum Gasteiger partial charge on any atom is -0.496 e. The van der Waals surface area contributed by atoms with Crippen molar-refractivity contribution in [1.29, 1.82) is 0 Å². The van der Waals surface area contributed by atoms with Crippen molar-refractivity contribution in [3.63, 3.8) is 0 Å². The molecule has 0 saturated heterocycles. The van der Waals surface area contributed by atoms with E-state index in [9.17, 15) is 4.21 Å². The lowest BCUT2D eigenvalue weighted by atomic mass is 10.1. The van der Waals surface area contributed by atoms with Crippen LogP contribution in [0.2, 0.25) is 0 Å². The van der Waals surface area contributed by atoms with E-state index in [1.165, 1.54) is 0 Å². The van der Waals surface area contributed by atoms with Crippen LogP contribution in [0.1, 0.15) is 31.9 Å². The molecular weight excluding hydrogens is 234 g/mol. The highest BCUT2D eigenvalue weighted by molar-refractivity contribution is 7.85. The first-order valence-corrected chi connectivity index (χ1v) is 6.56. The van der Waals surface area contributed by atoms with Gasteiger partial charge in [-0.15, -0.1) is 0 Å². The van der Waals surface area contributed by atoms with Gasteiger partial charge in [-0.05, 0) is 39.3 Å². The van der Waals surface area contributed by atoms with E-state index in [0.29, 0.717) is 0 Å². The Labute approximate surface area is 106 Å². The minimum absolute atomic E-state index is 0.341. The van der Waals surface area contributed by atoms with Gasteiger partial charge < -0.3 is 4.74 Å². The molecule has 0 unspecified atom stereocenters. The summed E-state index contributed by atoms with van der Waals surface area (Å²) < 4.78 is 20.8. The Bertz CT molecular complexity index is 447. The smallest absolute Gasteiger partial charge is 0.144 e. The van der Waals surface area contributed by atoms with Gasteiger partial charge >= 0.3 is 0 Å². The summed E-state index contributed by atoms with van der Waals surface area (Å²) in [5.74, 6) is 0.750. The van der Waals surface area contributed by atoms with Crippen LogP contribution in [0, 0.1) is 6.92 Å². The average molecular weight is 253 g/mol. The van der Waals surface area contributed by atoms with Crippen molar-refractivity contribution in [3.05, 3.63) is 29.3 Å². The van der Waals surface area contributed by atoms with Gasteiger partial charge in [0.15, 0.2) is 0 Å². The second-order valence-electron chi connectivity index (χ2n) is 4.79. The van der Waals surface area contributed by atoms with Crippen LogP contribution in [0.3, 0.4) is 0 Å². The number of nitrogens with zero attached hydrogens (tertiary/aromatic N) is 1. The van der Waals surface area contributed by atoms with Crippen molar-refractivity contribution in [3.8, 4) is 5.75 Å². The van der Waals surface area contributed by atoms with Crippen LogP contribution in [0.4, 0.5) is 0 Å². The summed E-state index contributed by atoms with van der Waals surface area (Å²) in [5.41, 5.74) is 1.94. The monoisotopic (exact) mass is 253 g/mol. The molecule has 1 aromatic carbocycles. The SMILES string of the molecule is COc1cccc(C)c1/C=N/[S@@](=O)C(C)(C)C. The Morgan fingerprint density at radius 3 is 2.53 bits per heavy atom. The molecule has 0 aromatic heterocycles. The summed E-state index contributed by atoms with van der Waals surface area (Å²) in [7, 11) is 0.375. The summed E-state index contributed by atoms with van der Waals surface area (Å²) in [6.45, 7) is 7.67. The fourth-order valence-electron chi connectivity index (χ4n) is 1.26. The zero-order valence-corrected chi connectivity index (χ0v) is 11.8. The molecule has 0 spiro atoms. The van der Waals surface area contributed by atoms with Gasteiger partial charge in [-0.3, -0.25) is 0 Å². The quantitative estimate of drug-likeness (QED) is 0.777. The van der Waals surface area contributed by atoms with E-state index < -0.39 is 11.0 Å². The fourth-order valence-corrected chi connectivity index (χ4v) is 1.77. The summed E-state index contributed by atoms with van der Waals surface area (Å²) in [6.07, 6.45) is 1.63. The maximum atomic E-state index is 11.8. The van der Waals surface area contributed by atoms with E-state index in [1.807, 2.05) is 45.9 Å². The third-order valence-corrected chi connectivity index (χ3v) is 3.65. The van der Waals surface area contributed by atoms with Gasteiger partial charge in [0.1, 0.15) is 16.7 Å². The van der Waals surface area contributed by atoms with E-state index in [1.54, 1.807) is 13.3 Å². The average Bonchev–Trinajstić information content (AvgIpc) is 2.25. The van der Waals surface area contributed by atoms with Crippen molar-refractivity contribution >= 4 is 17.2 Å². The molecule has 0 radical (unpaired) electrons. The molecule has 0 N–H and O–H groups in total. The first kappa shape index (κ1) is 13.9. The summed E-state index contributed by atoms with van der Waals surface area (Å²) in [6, 6.07) is 5.77. The molecule has 0 aliphatic carbocycles. The Kier molecular flexibility index (Phi) is 4.46. The predicted molar refractivity (Wildman–Crippen MR) is 73.2 cm³/mol. The third-order valence-electron chi connectivity index (χ3n) is 2.31. The zero-order chi connectivity index (χ0) is 13.1. The number of aryl methyl sites for hydroxylation is 1. The van der Waals surface area contributed by atoms with E-state index in [-0.39, 0.29) is 4.75 Å². The molecule has 3 nitrogen and oxygen atoms in total. The maximum absolute atomic E-state index is 11.8. The molecule has 1 rings (SSSR count). The minimum atomic E-state index is -1.24. The van der Waals surface area contributed by atoms with Gasteiger partial charge in [0, 0.05) is 11.8 Å². The molecular formula is C13H19NO2S. The Morgan fingerprint density at radius 1 is 1.35 bits per heavy atom.